The van der Waals surface area contributed by atoms with Gasteiger partial charge in [-0.05, 0) is 39.5 Å². The summed E-state index contributed by atoms with van der Waals surface area (Å²) in [6.07, 6.45) is 0.444. The average Bonchev–Trinajstić information content (AvgIpc) is 2.12. The molecule has 1 heterocycles. The van der Waals surface area contributed by atoms with Crippen LogP contribution in [0.15, 0.2) is 0 Å². The van der Waals surface area contributed by atoms with Crippen molar-refractivity contribution >= 4 is 11.9 Å². The molecule has 0 aromatic carbocycles. The Morgan fingerprint density at radius 2 is 1.83 bits per heavy atom. The minimum absolute atomic E-state index is 0.0381. The Morgan fingerprint density at radius 3 is 2.22 bits per heavy atom. The number of hydrogen-bond acceptors (Lipinski definition) is 3. The Hall–Kier alpha value is -1.06. The van der Waals surface area contributed by atoms with E-state index in [2.05, 4.69) is 0 Å². The summed E-state index contributed by atoms with van der Waals surface area (Å²) in [7, 11) is 0. The van der Waals surface area contributed by atoms with Gasteiger partial charge in [0.05, 0.1) is 0 Å². The second kappa shape index (κ2) is 4.90. The molecule has 0 aliphatic carbocycles. The lowest BCUT2D eigenvalue weighted by atomic mass is 9.72. The zero-order valence-corrected chi connectivity index (χ0v) is 12.4. The van der Waals surface area contributed by atoms with Crippen LogP contribution in [0.3, 0.4) is 0 Å². The summed E-state index contributed by atoms with van der Waals surface area (Å²) < 4.78 is 5.37. The highest BCUT2D eigenvalue weighted by Crippen LogP contribution is 2.35. The number of Topliss-reactive ketones (excluding diaryl/α,β-unsaturated/α-hetero) is 1. The summed E-state index contributed by atoms with van der Waals surface area (Å²) in [5, 5.41) is 0. The molecule has 0 saturated carbocycles. The first-order valence-electron chi connectivity index (χ1n) is 6.51. The van der Waals surface area contributed by atoms with Crippen molar-refractivity contribution in [1.29, 1.82) is 0 Å². The van der Waals surface area contributed by atoms with Gasteiger partial charge in [-0.2, -0.15) is 0 Å². The Morgan fingerprint density at radius 1 is 1.28 bits per heavy atom. The van der Waals surface area contributed by atoms with E-state index in [1.54, 1.807) is 11.8 Å². The molecule has 1 saturated heterocycles. The Bertz CT molecular complexity index is 341. The summed E-state index contributed by atoms with van der Waals surface area (Å²) in [6.45, 7) is 12.5. The van der Waals surface area contributed by atoms with Crippen LogP contribution in [0, 0.1) is 11.3 Å². The third-order valence-electron chi connectivity index (χ3n) is 3.37. The summed E-state index contributed by atoms with van der Waals surface area (Å²) in [4.78, 5) is 25.3. The van der Waals surface area contributed by atoms with Gasteiger partial charge < -0.3 is 9.64 Å². The lowest BCUT2D eigenvalue weighted by Gasteiger charge is -2.43. The molecule has 1 rings (SSSR count). The topological polar surface area (TPSA) is 46.6 Å². The number of ether oxygens (including phenoxy) is 1. The normalized spacial score (nSPS) is 23.7. The van der Waals surface area contributed by atoms with Crippen LogP contribution in [-0.4, -0.2) is 35.5 Å². The smallest absolute Gasteiger partial charge is 0.410 e. The first-order valence-corrected chi connectivity index (χ1v) is 6.51. The van der Waals surface area contributed by atoms with Crippen LogP contribution in [0.5, 0.6) is 0 Å². The van der Waals surface area contributed by atoms with E-state index >= 15 is 0 Å². The molecular formula is C14H25NO3. The van der Waals surface area contributed by atoms with Gasteiger partial charge in [-0.3, -0.25) is 4.79 Å². The van der Waals surface area contributed by atoms with Crippen molar-refractivity contribution in [2.24, 2.45) is 11.3 Å². The van der Waals surface area contributed by atoms with E-state index in [1.807, 2.05) is 34.6 Å². The molecule has 4 nitrogen and oxygen atoms in total. The SMILES string of the molecule is CC(=O)C1CCN(C(=O)OC(C)(C)C)CC1(C)C. The molecule has 0 radical (unpaired) electrons. The predicted octanol–water partition coefficient (Wildman–Crippen LogP) is 2.86. The zero-order valence-electron chi connectivity index (χ0n) is 12.4. The molecule has 1 atom stereocenters. The summed E-state index contributed by atoms with van der Waals surface area (Å²) in [5.74, 6) is 0.250. The minimum Gasteiger partial charge on any atom is -0.444 e. The van der Waals surface area contributed by atoms with Crippen molar-refractivity contribution in [3.8, 4) is 0 Å². The fourth-order valence-corrected chi connectivity index (χ4v) is 2.59. The molecule has 104 valence electrons. The maximum Gasteiger partial charge on any atom is 0.410 e. The average molecular weight is 255 g/mol. The van der Waals surface area contributed by atoms with Gasteiger partial charge >= 0.3 is 6.09 Å². The molecule has 18 heavy (non-hydrogen) atoms. The Labute approximate surface area is 110 Å². The monoisotopic (exact) mass is 255 g/mol. The van der Waals surface area contributed by atoms with E-state index in [4.69, 9.17) is 4.74 Å². The number of rotatable bonds is 1. The number of likely N-dealkylation sites (tertiary alicyclic amines) is 1. The highest BCUT2D eigenvalue weighted by atomic mass is 16.6. The fourth-order valence-electron chi connectivity index (χ4n) is 2.59. The highest BCUT2D eigenvalue weighted by Gasteiger charge is 2.40. The lowest BCUT2D eigenvalue weighted by Crippen LogP contribution is -2.51. The van der Waals surface area contributed by atoms with E-state index in [-0.39, 0.29) is 23.2 Å². The van der Waals surface area contributed by atoms with Crippen molar-refractivity contribution in [3.63, 3.8) is 0 Å². The first kappa shape index (κ1) is 15.0. The number of nitrogens with zero attached hydrogens (tertiary/aromatic N) is 1. The molecule has 1 unspecified atom stereocenters. The minimum atomic E-state index is -0.474. The number of piperidine rings is 1. The fraction of sp³-hybridized carbons (Fsp3) is 0.857. The molecule has 0 aromatic rings. The summed E-state index contributed by atoms with van der Waals surface area (Å²) in [5.41, 5.74) is -0.653. The van der Waals surface area contributed by atoms with Gasteiger partial charge in [0.2, 0.25) is 0 Å². The summed E-state index contributed by atoms with van der Waals surface area (Å²) in [6, 6.07) is 0. The van der Waals surface area contributed by atoms with Crippen molar-refractivity contribution in [1.82, 2.24) is 4.90 Å². The van der Waals surface area contributed by atoms with E-state index in [0.717, 1.165) is 6.42 Å². The zero-order chi connectivity index (χ0) is 14.1. The lowest BCUT2D eigenvalue weighted by molar-refractivity contribution is -0.127. The number of hydrogen-bond donors (Lipinski definition) is 0. The molecule has 1 aliphatic rings. The molecule has 0 aromatic heterocycles. The van der Waals surface area contributed by atoms with Crippen LogP contribution >= 0.6 is 0 Å². The van der Waals surface area contributed by atoms with Crippen molar-refractivity contribution < 1.29 is 14.3 Å². The van der Waals surface area contributed by atoms with Crippen molar-refractivity contribution in [2.75, 3.05) is 13.1 Å². The maximum absolute atomic E-state index is 12.0. The molecule has 1 fully saturated rings. The predicted molar refractivity (Wildman–Crippen MR) is 70.4 cm³/mol. The van der Waals surface area contributed by atoms with Crippen LogP contribution in [0.2, 0.25) is 0 Å². The van der Waals surface area contributed by atoms with Gasteiger partial charge in [-0.15, -0.1) is 0 Å². The van der Waals surface area contributed by atoms with Gasteiger partial charge in [0.15, 0.2) is 0 Å². The molecule has 0 N–H and O–H groups in total. The highest BCUT2D eigenvalue weighted by molar-refractivity contribution is 5.79. The molecule has 0 bridgehead atoms. The van der Waals surface area contributed by atoms with Gasteiger partial charge in [0, 0.05) is 19.0 Å². The van der Waals surface area contributed by atoms with Crippen molar-refractivity contribution in [3.05, 3.63) is 0 Å². The molecule has 4 heteroatoms. The Balaban J connectivity index is 2.69. The third kappa shape index (κ3) is 3.72. The van der Waals surface area contributed by atoms with Crippen LogP contribution in [0.25, 0.3) is 0 Å². The second-order valence-corrected chi connectivity index (χ2v) is 6.84. The van der Waals surface area contributed by atoms with Crippen molar-refractivity contribution in [2.45, 2.75) is 53.6 Å². The van der Waals surface area contributed by atoms with Crippen LogP contribution < -0.4 is 0 Å². The van der Waals surface area contributed by atoms with Crippen LogP contribution in [-0.2, 0) is 9.53 Å². The molecule has 1 amide bonds. The molecule has 0 spiro atoms. The first-order chi connectivity index (χ1) is 8.03. The van der Waals surface area contributed by atoms with Gasteiger partial charge in [0.25, 0.3) is 0 Å². The van der Waals surface area contributed by atoms with E-state index in [0.29, 0.717) is 13.1 Å². The van der Waals surface area contributed by atoms with Gasteiger partial charge in [0.1, 0.15) is 11.4 Å². The second-order valence-electron chi connectivity index (χ2n) is 6.84. The quantitative estimate of drug-likeness (QED) is 0.723. The number of amides is 1. The van der Waals surface area contributed by atoms with Crippen LogP contribution in [0.1, 0.15) is 48.0 Å². The Kier molecular flexibility index (Phi) is 4.08. The largest absolute Gasteiger partial charge is 0.444 e. The number of ketones is 1. The van der Waals surface area contributed by atoms with Gasteiger partial charge in [-0.25, -0.2) is 4.79 Å². The number of carbonyl (C=O) groups excluding carboxylic acids is 2. The summed E-state index contributed by atoms with van der Waals surface area (Å²) >= 11 is 0. The van der Waals surface area contributed by atoms with Crippen LogP contribution in [0.4, 0.5) is 4.79 Å². The van der Waals surface area contributed by atoms with E-state index < -0.39 is 5.60 Å². The van der Waals surface area contributed by atoms with E-state index in [9.17, 15) is 9.59 Å². The standard InChI is InChI=1S/C14H25NO3/c1-10(16)11-7-8-15(9-14(11,5)6)12(17)18-13(2,3)4/h11H,7-9H2,1-6H3. The molecule has 1 aliphatic heterocycles. The van der Waals surface area contributed by atoms with E-state index in [1.165, 1.54) is 0 Å². The van der Waals surface area contributed by atoms with Gasteiger partial charge in [-0.1, -0.05) is 13.8 Å². The number of carbonyl (C=O) groups is 2. The third-order valence-corrected chi connectivity index (χ3v) is 3.37. The maximum atomic E-state index is 12.0. The molecular weight excluding hydrogens is 230 g/mol.